The fourth-order valence-corrected chi connectivity index (χ4v) is 5.49. The minimum Gasteiger partial charge on any atom is -0.497 e. The summed E-state index contributed by atoms with van der Waals surface area (Å²) in [5.74, 6) is 0.815. The molecule has 152 valence electrons. The van der Waals surface area contributed by atoms with E-state index in [2.05, 4.69) is 18.8 Å². The molecule has 1 aromatic heterocycles. The molecule has 3 rings (SSSR count). The highest BCUT2D eigenvalue weighted by molar-refractivity contribution is 7.89. The van der Waals surface area contributed by atoms with Crippen molar-refractivity contribution in [3.05, 3.63) is 39.8 Å². The Morgan fingerprint density at radius 3 is 2.25 bits per heavy atom. The molecule has 2 aromatic rings. The van der Waals surface area contributed by atoms with E-state index in [1.807, 2.05) is 6.92 Å². The van der Waals surface area contributed by atoms with Crippen molar-refractivity contribution in [2.75, 3.05) is 33.3 Å². The number of nitrogens with zero attached hydrogens (tertiary/aromatic N) is 3. The van der Waals surface area contributed by atoms with Crippen LogP contribution in [0, 0.1) is 6.92 Å². The Labute approximate surface area is 170 Å². The Kier molecular flexibility index (Phi) is 6.07. The molecule has 1 aromatic carbocycles. The lowest BCUT2D eigenvalue weighted by molar-refractivity contribution is 0.0702. The standard InChI is InChI=1S/C19H25N3O4S2/c1-13(2)18-20-14(3)17(27-18)19(23)21-9-11-22(12-10-21)28(24,25)16-7-5-15(26-4)6-8-16/h5-8,13H,9-12H2,1-4H3. The third-order valence-corrected chi connectivity index (χ3v) is 8.08. The van der Waals surface area contributed by atoms with Crippen LogP contribution in [-0.4, -0.2) is 61.8 Å². The molecule has 0 bridgehead atoms. The van der Waals surface area contributed by atoms with Crippen LogP contribution < -0.4 is 4.74 Å². The summed E-state index contributed by atoms with van der Waals surface area (Å²) in [6, 6.07) is 6.34. The zero-order chi connectivity index (χ0) is 20.5. The first kappa shape index (κ1) is 20.8. The van der Waals surface area contributed by atoms with Crippen molar-refractivity contribution >= 4 is 27.3 Å². The largest absolute Gasteiger partial charge is 0.497 e. The quantitative estimate of drug-likeness (QED) is 0.739. The Morgan fingerprint density at radius 2 is 1.75 bits per heavy atom. The van der Waals surface area contributed by atoms with Crippen LogP contribution in [0.5, 0.6) is 5.75 Å². The lowest BCUT2D eigenvalue weighted by Crippen LogP contribution is -2.50. The SMILES string of the molecule is COc1ccc(S(=O)(=O)N2CCN(C(=O)c3sc(C(C)C)nc3C)CC2)cc1. The summed E-state index contributed by atoms with van der Waals surface area (Å²) in [7, 11) is -2.05. The molecule has 0 unspecified atom stereocenters. The Hall–Kier alpha value is -1.97. The molecular formula is C19H25N3O4S2. The highest BCUT2D eigenvalue weighted by atomic mass is 32.2. The van der Waals surface area contributed by atoms with Gasteiger partial charge in [-0.3, -0.25) is 4.79 Å². The van der Waals surface area contributed by atoms with Crippen LogP contribution in [0.4, 0.5) is 0 Å². The molecule has 1 aliphatic rings. The molecule has 1 aliphatic heterocycles. The molecule has 28 heavy (non-hydrogen) atoms. The van der Waals surface area contributed by atoms with Gasteiger partial charge in [0.1, 0.15) is 10.6 Å². The maximum atomic E-state index is 12.9. The number of amides is 1. The molecule has 2 heterocycles. The Bertz CT molecular complexity index is 944. The molecule has 0 atom stereocenters. The molecule has 0 radical (unpaired) electrons. The number of carbonyl (C=O) groups excluding carboxylic acids is 1. The normalized spacial score (nSPS) is 15.8. The van der Waals surface area contributed by atoms with Crippen molar-refractivity contribution in [2.45, 2.75) is 31.6 Å². The van der Waals surface area contributed by atoms with E-state index in [1.54, 1.807) is 29.2 Å². The van der Waals surface area contributed by atoms with Crippen LogP contribution in [0.15, 0.2) is 29.2 Å². The molecule has 0 saturated carbocycles. The summed E-state index contributed by atoms with van der Waals surface area (Å²) in [4.78, 5) is 19.9. The van der Waals surface area contributed by atoms with E-state index in [9.17, 15) is 13.2 Å². The topological polar surface area (TPSA) is 79.8 Å². The van der Waals surface area contributed by atoms with Gasteiger partial charge in [0.25, 0.3) is 5.91 Å². The van der Waals surface area contributed by atoms with Crippen molar-refractivity contribution < 1.29 is 17.9 Å². The molecule has 7 nitrogen and oxygen atoms in total. The maximum absolute atomic E-state index is 12.9. The van der Waals surface area contributed by atoms with Crippen LogP contribution in [0.3, 0.4) is 0 Å². The molecule has 0 N–H and O–H groups in total. The second kappa shape index (κ2) is 8.18. The van der Waals surface area contributed by atoms with E-state index in [0.717, 1.165) is 10.7 Å². The predicted molar refractivity (Wildman–Crippen MR) is 109 cm³/mol. The Balaban J connectivity index is 1.69. The van der Waals surface area contributed by atoms with Crippen molar-refractivity contribution in [3.63, 3.8) is 0 Å². The number of methoxy groups -OCH3 is 1. The highest BCUT2D eigenvalue weighted by Gasteiger charge is 2.31. The number of rotatable bonds is 5. The van der Waals surface area contributed by atoms with E-state index < -0.39 is 10.0 Å². The number of ether oxygens (including phenoxy) is 1. The fraction of sp³-hybridized carbons (Fsp3) is 0.474. The van der Waals surface area contributed by atoms with Crippen LogP contribution in [0.2, 0.25) is 0 Å². The van der Waals surface area contributed by atoms with Gasteiger partial charge in [-0.1, -0.05) is 13.8 Å². The first-order valence-corrected chi connectivity index (χ1v) is 11.4. The van der Waals surface area contributed by atoms with Gasteiger partial charge in [0.2, 0.25) is 10.0 Å². The van der Waals surface area contributed by atoms with Gasteiger partial charge < -0.3 is 9.64 Å². The van der Waals surface area contributed by atoms with Crippen LogP contribution in [0.25, 0.3) is 0 Å². The van der Waals surface area contributed by atoms with Crippen molar-refractivity contribution in [3.8, 4) is 5.75 Å². The van der Waals surface area contributed by atoms with Crippen LogP contribution in [0.1, 0.15) is 40.1 Å². The minimum atomic E-state index is -3.59. The summed E-state index contributed by atoms with van der Waals surface area (Å²) in [6.45, 7) is 7.22. The number of aryl methyl sites for hydroxylation is 1. The first-order chi connectivity index (χ1) is 13.2. The van der Waals surface area contributed by atoms with Crippen molar-refractivity contribution in [2.24, 2.45) is 0 Å². The molecule has 1 saturated heterocycles. The second-order valence-corrected chi connectivity index (χ2v) is 9.96. The number of carbonyl (C=O) groups is 1. The van der Waals surface area contributed by atoms with Crippen molar-refractivity contribution in [1.82, 2.24) is 14.2 Å². The molecule has 1 amide bonds. The molecule has 0 aliphatic carbocycles. The van der Waals surface area contributed by atoms with Gasteiger partial charge in [0.15, 0.2) is 0 Å². The average Bonchev–Trinajstić information content (AvgIpc) is 3.09. The Morgan fingerprint density at radius 1 is 1.14 bits per heavy atom. The molecule has 0 spiro atoms. The molecular weight excluding hydrogens is 398 g/mol. The van der Waals surface area contributed by atoms with E-state index in [0.29, 0.717) is 23.7 Å². The van der Waals surface area contributed by atoms with Gasteiger partial charge in [-0.05, 0) is 31.2 Å². The van der Waals surface area contributed by atoms with Crippen molar-refractivity contribution in [1.29, 1.82) is 0 Å². The summed E-state index contributed by atoms with van der Waals surface area (Å²) < 4.78 is 32.2. The first-order valence-electron chi connectivity index (χ1n) is 9.15. The van der Waals surface area contributed by atoms with Crippen LogP contribution in [-0.2, 0) is 10.0 Å². The molecule has 9 heteroatoms. The third-order valence-electron chi connectivity index (χ3n) is 4.72. The van der Waals surface area contributed by atoms with E-state index in [-0.39, 0.29) is 29.8 Å². The number of hydrogen-bond donors (Lipinski definition) is 0. The second-order valence-electron chi connectivity index (χ2n) is 6.99. The van der Waals surface area contributed by atoms with E-state index in [4.69, 9.17) is 4.74 Å². The van der Waals surface area contributed by atoms with Crippen LogP contribution >= 0.6 is 11.3 Å². The summed E-state index contributed by atoms with van der Waals surface area (Å²) >= 11 is 1.43. The minimum absolute atomic E-state index is 0.0663. The fourth-order valence-electron chi connectivity index (χ4n) is 3.03. The number of hydrogen-bond acceptors (Lipinski definition) is 6. The lowest BCUT2D eigenvalue weighted by atomic mass is 10.2. The van der Waals surface area contributed by atoms with Gasteiger partial charge in [-0.2, -0.15) is 4.31 Å². The zero-order valence-electron chi connectivity index (χ0n) is 16.5. The van der Waals surface area contributed by atoms with Gasteiger partial charge in [0.05, 0.1) is 22.7 Å². The monoisotopic (exact) mass is 423 g/mol. The summed E-state index contributed by atoms with van der Waals surface area (Å²) in [6.07, 6.45) is 0. The maximum Gasteiger partial charge on any atom is 0.265 e. The zero-order valence-corrected chi connectivity index (χ0v) is 18.1. The van der Waals surface area contributed by atoms with E-state index >= 15 is 0 Å². The highest BCUT2D eigenvalue weighted by Crippen LogP contribution is 2.27. The van der Waals surface area contributed by atoms with E-state index in [1.165, 1.54) is 22.8 Å². The predicted octanol–water partition coefficient (Wildman–Crippen LogP) is 2.73. The average molecular weight is 424 g/mol. The molecule has 1 fully saturated rings. The van der Waals surface area contributed by atoms with Gasteiger partial charge in [0, 0.05) is 32.1 Å². The van der Waals surface area contributed by atoms with Gasteiger partial charge >= 0.3 is 0 Å². The number of thiazole rings is 1. The third kappa shape index (κ3) is 4.06. The number of sulfonamides is 1. The van der Waals surface area contributed by atoms with Gasteiger partial charge in [-0.25, -0.2) is 13.4 Å². The smallest absolute Gasteiger partial charge is 0.265 e. The lowest BCUT2D eigenvalue weighted by Gasteiger charge is -2.33. The number of benzene rings is 1. The summed E-state index contributed by atoms with van der Waals surface area (Å²) in [5.41, 5.74) is 0.743. The number of piperazine rings is 1. The number of aromatic nitrogens is 1. The summed E-state index contributed by atoms with van der Waals surface area (Å²) in [5, 5.41) is 0.946. The van der Waals surface area contributed by atoms with Gasteiger partial charge in [-0.15, -0.1) is 11.3 Å².